The zero-order valence-electron chi connectivity index (χ0n) is 14.0. The predicted octanol–water partition coefficient (Wildman–Crippen LogP) is 4.19. The molecule has 0 aliphatic heterocycles. The average molecular weight is 311 g/mol. The second-order valence-corrected chi connectivity index (χ2v) is 6.58. The van der Waals surface area contributed by atoms with Crippen molar-refractivity contribution in [3.05, 3.63) is 47.2 Å². The lowest BCUT2D eigenvalue weighted by atomic mass is 10.0. The van der Waals surface area contributed by atoms with Gasteiger partial charge in [0.1, 0.15) is 5.82 Å². The molecule has 1 aliphatic carbocycles. The van der Waals surface area contributed by atoms with Crippen LogP contribution in [0, 0.1) is 13.8 Å². The lowest BCUT2D eigenvalue weighted by molar-refractivity contribution is -0.116. The third-order valence-corrected chi connectivity index (χ3v) is 4.73. The highest BCUT2D eigenvalue weighted by molar-refractivity contribution is 5.90. The molecule has 1 aromatic carbocycles. The van der Waals surface area contributed by atoms with Gasteiger partial charge in [0, 0.05) is 12.5 Å². The maximum atomic E-state index is 12.3. The summed E-state index contributed by atoms with van der Waals surface area (Å²) in [5.74, 6) is 0.896. The number of aryl methyl sites for hydroxylation is 3. The molecule has 23 heavy (non-hydrogen) atoms. The Bertz CT molecular complexity index is 684. The number of carbonyl (C=O) groups excluding carboxylic acids is 1. The first-order valence-corrected chi connectivity index (χ1v) is 8.53. The lowest BCUT2D eigenvalue weighted by Crippen LogP contribution is -2.18. The van der Waals surface area contributed by atoms with E-state index in [9.17, 15) is 4.79 Å². The highest BCUT2D eigenvalue weighted by atomic mass is 16.1. The molecule has 1 amide bonds. The molecule has 0 atom stereocenters. The molecule has 1 fully saturated rings. The third kappa shape index (κ3) is 3.81. The topological polar surface area (TPSA) is 46.9 Å². The Morgan fingerprint density at radius 1 is 1.26 bits per heavy atom. The minimum Gasteiger partial charge on any atom is -0.311 e. The molecular formula is C19H25N3O. The minimum absolute atomic E-state index is 0.0599. The first-order valence-electron chi connectivity index (χ1n) is 8.53. The van der Waals surface area contributed by atoms with Gasteiger partial charge in [0.2, 0.25) is 5.91 Å². The monoisotopic (exact) mass is 311 g/mol. The van der Waals surface area contributed by atoms with Crippen LogP contribution in [0.5, 0.6) is 0 Å². The number of hydrogen-bond donors (Lipinski definition) is 1. The molecule has 4 heteroatoms. The van der Waals surface area contributed by atoms with Gasteiger partial charge in [-0.2, -0.15) is 5.10 Å². The highest BCUT2D eigenvalue weighted by Crippen LogP contribution is 2.31. The van der Waals surface area contributed by atoms with Gasteiger partial charge in [-0.25, -0.2) is 4.68 Å². The molecule has 0 unspecified atom stereocenters. The van der Waals surface area contributed by atoms with Crippen molar-refractivity contribution in [2.45, 2.75) is 58.4 Å². The van der Waals surface area contributed by atoms with Crippen molar-refractivity contribution in [1.82, 2.24) is 9.78 Å². The van der Waals surface area contributed by atoms with E-state index in [1.807, 2.05) is 10.7 Å². The number of benzene rings is 1. The summed E-state index contributed by atoms with van der Waals surface area (Å²) in [5.41, 5.74) is 3.76. The number of carbonyl (C=O) groups is 1. The Hall–Kier alpha value is -2.10. The number of hydrogen-bond acceptors (Lipinski definition) is 2. The van der Waals surface area contributed by atoms with Crippen molar-refractivity contribution < 1.29 is 4.79 Å². The zero-order valence-corrected chi connectivity index (χ0v) is 14.0. The summed E-state index contributed by atoms with van der Waals surface area (Å²) in [4.78, 5) is 12.3. The van der Waals surface area contributed by atoms with Crippen LogP contribution < -0.4 is 5.32 Å². The van der Waals surface area contributed by atoms with E-state index in [0.29, 0.717) is 12.5 Å². The van der Waals surface area contributed by atoms with Gasteiger partial charge in [0.15, 0.2) is 0 Å². The fourth-order valence-electron chi connectivity index (χ4n) is 3.43. The maximum absolute atomic E-state index is 12.3. The Morgan fingerprint density at radius 2 is 2.04 bits per heavy atom. The first-order chi connectivity index (χ1) is 11.1. The van der Waals surface area contributed by atoms with Crippen LogP contribution in [0.25, 0.3) is 0 Å². The van der Waals surface area contributed by atoms with E-state index in [1.165, 1.54) is 29.5 Å². The van der Waals surface area contributed by atoms with Crippen LogP contribution in [0.2, 0.25) is 0 Å². The van der Waals surface area contributed by atoms with Crippen molar-refractivity contribution in [2.75, 3.05) is 5.32 Å². The summed E-state index contributed by atoms with van der Waals surface area (Å²) in [6.07, 6.45) is 7.88. The molecule has 0 radical (unpaired) electrons. The summed E-state index contributed by atoms with van der Waals surface area (Å²) in [5, 5.41) is 7.43. The number of nitrogens with zero attached hydrogens (tertiary/aromatic N) is 2. The van der Waals surface area contributed by atoms with Crippen LogP contribution in [0.1, 0.15) is 54.8 Å². The fraction of sp³-hybridized carbons (Fsp3) is 0.474. The number of nitrogens with one attached hydrogen (secondary N) is 1. The van der Waals surface area contributed by atoms with Gasteiger partial charge in [-0.15, -0.1) is 0 Å². The third-order valence-electron chi connectivity index (χ3n) is 4.73. The fourth-order valence-corrected chi connectivity index (χ4v) is 3.43. The molecule has 1 aliphatic rings. The Kier molecular flexibility index (Phi) is 4.79. The summed E-state index contributed by atoms with van der Waals surface area (Å²) in [7, 11) is 0. The van der Waals surface area contributed by atoms with E-state index < -0.39 is 0 Å². The number of aromatic nitrogens is 2. The van der Waals surface area contributed by atoms with Crippen LogP contribution in [0.3, 0.4) is 0 Å². The van der Waals surface area contributed by atoms with Gasteiger partial charge in [-0.3, -0.25) is 4.79 Å². The van der Waals surface area contributed by atoms with Gasteiger partial charge in [-0.05, 0) is 44.2 Å². The number of amides is 1. The van der Waals surface area contributed by atoms with Crippen molar-refractivity contribution in [3.8, 4) is 0 Å². The van der Waals surface area contributed by atoms with Gasteiger partial charge in [-0.1, -0.05) is 36.6 Å². The summed E-state index contributed by atoms with van der Waals surface area (Å²) >= 11 is 0. The van der Waals surface area contributed by atoms with Crippen molar-refractivity contribution in [3.63, 3.8) is 0 Å². The van der Waals surface area contributed by atoms with Gasteiger partial charge in [0.05, 0.1) is 12.2 Å². The van der Waals surface area contributed by atoms with Crippen LogP contribution in [-0.2, 0) is 11.2 Å². The van der Waals surface area contributed by atoms with Crippen LogP contribution in [0.4, 0.5) is 5.82 Å². The average Bonchev–Trinajstić information content (AvgIpc) is 3.17. The molecule has 1 aromatic heterocycles. The predicted molar refractivity (Wildman–Crippen MR) is 92.6 cm³/mol. The Morgan fingerprint density at radius 3 is 2.78 bits per heavy atom. The highest BCUT2D eigenvalue weighted by Gasteiger charge is 2.20. The molecule has 122 valence electrons. The number of rotatable bonds is 5. The molecule has 0 bridgehead atoms. The van der Waals surface area contributed by atoms with Crippen LogP contribution >= 0.6 is 0 Å². The molecule has 4 nitrogen and oxygen atoms in total. The maximum Gasteiger partial charge on any atom is 0.225 e. The smallest absolute Gasteiger partial charge is 0.225 e. The van der Waals surface area contributed by atoms with Crippen molar-refractivity contribution in [1.29, 1.82) is 0 Å². The number of anilines is 1. The Labute approximate surface area is 137 Å². The zero-order chi connectivity index (χ0) is 16.2. The van der Waals surface area contributed by atoms with Crippen LogP contribution in [0.15, 0.2) is 30.5 Å². The molecule has 0 spiro atoms. The minimum atomic E-state index is 0.0599. The second-order valence-electron chi connectivity index (χ2n) is 6.58. The van der Waals surface area contributed by atoms with E-state index in [4.69, 9.17) is 0 Å². The van der Waals surface area contributed by atoms with E-state index in [0.717, 1.165) is 25.1 Å². The molecule has 3 rings (SSSR count). The second kappa shape index (κ2) is 6.99. The molecule has 1 N–H and O–H groups in total. The molecular weight excluding hydrogens is 286 g/mol. The van der Waals surface area contributed by atoms with E-state index in [2.05, 4.69) is 42.5 Å². The summed E-state index contributed by atoms with van der Waals surface area (Å²) in [6.45, 7) is 4.20. The molecule has 1 saturated carbocycles. The molecule has 2 aromatic rings. The van der Waals surface area contributed by atoms with E-state index in [-0.39, 0.29) is 5.91 Å². The quantitative estimate of drug-likeness (QED) is 0.900. The molecule has 1 heterocycles. The largest absolute Gasteiger partial charge is 0.311 e. The summed E-state index contributed by atoms with van der Waals surface area (Å²) in [6, 6.07) is 8.74. The SMILES string of the molecule is Cc1ccc(CCC(=O)Nc2ccnn2C2CCCC2)c(C)c1. The van der Waals surface area contributed by atoms with E-state index >= 15 is 0 Å². The van der Waals surface area contributed by atoms with Crippen LogP contribution in [-0.4, -0.2) is 15.7 Å². The van der Waals surface area contributed by atoms with E-state index in [1.54, 1.807) is 6.20 Å². The van der Waals surface area contributed by atoms with Gasteiger partial charge >= 0.3 is 0 Å². The van der Waals surface area contributed by atoms with Crippen molar-refractivity contribution >= 4 is 11.7 Å². The lowest BCUT2D eigenvalue weighted by Gasteiger charge is -2.14. The summed E-state index contributed by atoms with van der Waals surface area (Å²) < 4.78 is 1.99. The van der Waals surface area contributed by atoms with Gasteiger partial charge in [0.25, 0.3) is 0 Å². The van der Waals surface area contributed by atoms with Gasteiger partial charge < -0.3 is 5.32 Å². The normalized spacial score (nSPS) is 15.0. The standard InChI is InChI=1S/C19H25N3O/c1-14-7-8-16(15(2)13-14)9-10-19(23)21-18-11-12-20-22(18)17-5-3-4-6-17/h7-8,11-13,17H,3-6,9-10H2,1-2H3,(H,21,23). The Balaban J connectivity index is 1.58. The first kappa shape index (κ1) is 15.8. The van der Waals surface area contributed by atoms with Crippen molar-refractivity contribution in [2.24, 2.45) is 0 Å². The molecule has 0 saturated heterocycles.